The van der Waals surface area contributed by atoms with E-state index in [4.69, 9.17) is 18.1 Å². The smallest absolute Gasteiger partial charge is 0.254 e. The number of amides is 2. The fourth-order valence-corrected chi connectivity index (χ4v) is 5.91. The van der Waals surface area contributed by atoms with Crippen LogP contribution in [-0.4, -0.2) is 34.5 Å². The Kier molecular flexibility index (Phi) is 6.50. The number of nitrogens with two attached hydrogens (primary N) is 1. The monoisotopic (exact) mass is 502 g/mol. The summed E-state index contributed by atoms with van der Waals surface area (Å²) in [6, 6.07) is 3.03. The zero-order valence-corrected chi connectivity index (χ0v) is 20.2. The largest absolute Gasteiger partial charge is 0.352 e. The van der Waals surface area contributed by atoms with Gasteiger partial charge < -0.3 is 21.0 Å². The second kappa shape index (κ2) is 9.55. The summed E-state index contributed by atoms with van der Waals surface area (Å²) in [5.74, 6) is 5.35. The number of aryl methyl sites for hydroxylation is 1. The number of hydrogen-bond donors (Lipinski definition) is 4. The molecule has 2 aromatic heterocycles. The second-order valence-corrected chi connectivity index (χ2v) is 10.6. The highest BCUT2D eigenvalue weighted by Crippen LogP contribution is 2.41. The van der Waals surface area contributed by atoms with Gasteiger partial charge in [0.1, 0.15) is 5.00 Å². The van der Waals surface area contributed by atoms with Gasteiger partial charge in [-0.15, -0.1) is 11.3 Å². The summed E-state index contributed by atoms with van der Waals surface area (Å²) in [6.45, 7) is 0.636. The molecule has 2 saturated carbocycles. The Labute approximate surface area is 206 Å². The summed E-state index contributed by atoms with van der Waals surface area (Å²) in [5.41, 5.74) is 4.11. The van der Waals surface area contributed by atoms with Gasteiger partial charge in [0.2, 0.25) is 11.9 Å². The van der Waals surface area contributed by atoms with E-state index in [1.54, 1.807) is 17.0 Å². The number of aromatic nitrogens is 1. The molecule has 5 N–H and O–H groups in total. The van der Waals surface area contributed by atoms with Gasteiger partial charge in [0.05, 0.1) is 11.3 Å². The fraction of sp³-hybridized carbons (Fsp3) is 0.478. The number of pyridine rings is 1. The van der Waals surface area contributed by atoms with Crippen molar-refractivity contribution in [3.05, 3.63) is 40.3 Å². The molecule has 3 aliphatic rings. The van der Waals surface area contributed by atoms with E-state index in [0.717, 1.165) is 36.1 Å². The van der Waals surface area contributed by atoms with Crippen molar-refractivity contribution in [2.45, 2.75) is 51.0 Å². The van der Waals surface area contributed by atoms with Gasteiger partial charge in [0.15, 0.2) is 5.11 Å². The van der Waals surface area contributed by atoms with Crippen LogP contribution in [-0.2, 0) is 17.6 Å². The minimum Gasteiger partial charge on any atom is -0.352 e. The van der Waals surface area contributed by atoms with Crippen molar-refractivity contribution in [1.82, 2.24) is 15.7 Å². The van der Waals surface area contributed by atoms with Crippen LogP contribution >= 0.6 is 23.6 Å². The summed E-state index contributed by atoms with van der Waals surface area (Å²) >= 11 is 6.89. The van der Waals surface area contributed by atoms with Crippen molar-refractivity contribution in [2.75, 3.05) is 16.8 Å². The summed E-state index contributed by atoms with van der Waals surface area (Å²) < 4.78 is 14.6. The maximum Gasteiger partial charge on any atom is 0.254 e. The summed E-state index contributed by atoms with van der Waals surface area (Å²) in [6.07, 6.45) is 7.24. The van der Waals surface area contributed by atoms with Crippen LogP contribution in [0.1, 0.15) is 52.9 Å². The lowest BCUT2D eigenvalue weighted by atomic mass is 9.90. The normalized spacial score (nSPS) is 19.2. The van der Waals surface area contributed by atoms with Crippen molar-refractivity contribution in [3.8, 4) is 0 Å². The molecule has 0 aliphatic heterocycles. The van der Waals surface area contributed by atoms with Crippen LogP contribution in [0.15, 0.2) is 18.3 Å². The Bertz CT molecular complexity index is 1130. The lowest BCUT2D eigenvalue weighted by molar-refractivity contribution is -0.117. The number of fused-ring (bicyclic) bond motifs is 1. The van der Waals surface area contributed by atoms with Gasteiger partial charge in [-0.25, -0.2) is 10.8 Å². The third-order valence-corrected chi connectivity index (χ3v) is 8.12. The van der Waals surface area contributed by atoms with Crippen LogP contribution < -0.4 is 26.8 Å². The van der Waals surface area contributed by atoms with Gasteiger partial charge in [-0.1, -0.05) is 0 Å². The van der Waals surface area contributed by atoms with E-state index in [0.29, 0.717) is 42.3 Å². The summed E-state index contributed by atoms with van der Waals surface area (Å²) in [4.78, 5) is 32.3. The zero-order chi connectivity index (χ0) is 23.8. The number of hydrogen-bond acceptors (Lipinski definition) is 6. The Morgan fingerprint density at radius 2 is 2.06 bits per heavy atom. The molecule has 2 fully saturated rings. The second-order valence-electron chi connectivity index (χ2n) is 9.15. The minimum absolute atomic E-state index is 0.0287. The molecule has 2 heterocycles. The molecule has 0 saturated heterocycles. The molecule has 2 amide bonds. The van der Waals surface area contributed by atoms with E-state index in [2.05, 4.69) is 21.0 Å². The molecule has 11 heteroatoms. The fourth-order valence-electron chi connectivity index (χ4n) is 4.42. The number of hydrazine groups is 1. The van der Waals surface area contributed by atoms with Gasteiger partial charge in [-0.2, -0.15) is 4.39 Å². The third-order valence-electron chi connectivity index (χ3n) is 6.60. The number of halogens is 1. The molecule has 0 unspecified atom stereocenters. The van der Waals surface area contributed by atoms with Crippen molar-refractivity contribution in [3.63, 3.8) is 0 Å². The molecule has 0 aromatic carbocycles. The SMILES string of the molecule is NNC(=S)N(c1cccnc1F)[C@H]1CCc2sc(NC(=O)C3CC3)c(C(=O)NCC3CC3)c2C1. The predicted octanol–water partition coefficient (Wildman–Crippen LogP) is 2.88. The Morgan fingerprint density at radius 1 is 1.26 bits per heavy atom. The van der Waals surface area contributed by atoms with Gasteiger partial charge in [-0.05, 0) is 80.8 Å². The molecule has 0 radical (unpaired) electrons. The van der Waals surface area contributed by atoms with E-state index in [-0.39, 0.29) is 34.6 Å². The zero-order valence-electron chi connectivity index (χ0n) is 18.6. The van der Waals surface area contributed by atoms with Crippen LogP contribution in [0.25, 0.3) is 0 Å². The molecular formula is C23H27FN6O2S2. The minimum atomic E-state index is -0.643. The number of carbonyl (C=O) groups is 2. The van der Waals surface area contributed by atoms with Crippen LogP contribution in [0.5, 0.6) is 0 Å². The van der Waals surface area contributed by atoms with Gasteiger partial charge >= 0.3 is 0 Å². The highest BCUT2D eigenvalue weighted by molar-refractivity contribution is 7.80. The molecule has 1 atom stereocenters. The first-order chi connectivity index (χ1) is 16.5. The lowest BCUT2D eigenvalue weighted by Gasteiger charge is -2.35. The Morgan fingerprint density at radius 3 is 2.74 bits per heavy atom. The summed E-state index contributed by atoms with van der Waals surface area (Å²) in [5, 5.41) is 6.84. The number of carbonyl (C=O) groups excluding carboxylic acids is 2. The molecule has 34 heavy (non-hydrogen) atoms. The highest BCUT2D eigenvalue weighted by atomic mass is 32.1. The van der Waals surface area contributed by atoms with Crippen LogP contribution in [0, 0.1) is 17.8 Å². The first kappa shape index (κ1) is 23.1. The molecule has 0 spiro atoms. The Hall–Kier alpha value is -2.63. The van der Waals surface area contributed by atoms with Crippen molar-refractivity contribution >= 4 is 51.2 Å². The molecule has 5 rings (SSSR count). The van der Waals surface area contributed by atoms with E-state index >= 15 is 0 Å². The molecule has 2 aromatic rings. The topological polar surface area (TPSA) is 112 Å². The number of nitrogens with one attached hydrogen (secondary N) is 3. The van der Waals surface area contributed by atoms with Crippen molar-refractivity contribution < 1.29 is 14.0 Å². The van der Waals surface area contributed by atoms with Gasteiger partial charge in [0, 0.05) is 29.6 Å². The quantitative estimate of drug-likeness (QED) is 0.199. The lowest BCUT2D eigenvalue weighted by Crippen LogP contribution is -2.51. The first-order valence-corrected chi connectivity index (χ1v) is 12.8. The molecule has 0 bridgehead atoms. The van der Waals surface area contributed by atoms with Crippen molar-refractivity contribution in [1.29, 1.82) is 0 Å². The number of nitrogens with zero attached hydrogens (tertiary/aromatic N) is 2. The number of rotatable bonds is 7. The maximum atomic E-state index is 14.6. The third kappa shape index (κ3) is 4.77. The number of thiocarbonyl (C=S) groups is 1. The molecule has 3 aliphatic carbocycles. The van der Waals surface area contributed by atoms with Crippen LogP contribution in [0.2, 0.25) is 0 Å². The van der Waals surface area contributed by atoms with Gasteiger partial charge in [-0.3, -0.25) is 9.59 Å². The van der Waals surface area contributed by atoms with Gasteiger partial charge in [0.25, 0.3) is 5.91 Å². The van der Waals surface area contributed by atoms with E-state index < -0.39 is 5.95 Å². The summed E-state index contributed by atoms with van der Waals surface area (Å²) in [7, 11) is 0. The molecular weight excluding hydrogens is 475 g/mol. The highest BCUT2D eigenvalue weighted by Gasteiger charge is 2.36. The predicted molar refractivity (Wildman–Crippen MR) is 133 cm³/mol. The maximum absolute atomic E-state index is 14.6. The van der Waals surface area contributed by atoms with E-state index in [1.165, 1.54) is 17.5 Å². The average Bonchev–Trinajstić information content (AvgIpc) is 3.75. The standard InChI is InChI=1S/C23H27FN6O2S2/c24-19-16(2-1-9-26-19)30(23(33)29-25)14-7-8-17-15(10-14)18(21(32)27-11-12-3-4-12)22(34-17)28-20(31)13-5-6-13/h1-2,9,12-14H,3-8,10-11,25H2,(H,27,32)(H,28,31)(H,29,33)/t14-/m0/s1. The Balaban J connectivity index is 1.47. The number of thiophene rings is 1. The van der Waals surface area contributed by atoms with E-state index in [1.807, 2.05) is 0 Å². The van der Waals surface area contributed by atoms with Crippen LogP contribution in [0.3, 0.4) is 0 Å². The van der Waals surface area contributed by atoms with Crippen molar-refractivity contribution in [2.24, 2.45) is 17.7 Å². The number of anilines is 2. The molecule has 8 nitrogen and oxygen atoms in total. The first-order valence-electron chi connectivity index (χ1n) is 11.6. The average molecular weight is 503 g/mol. The van der Waals surface area contributed by atoms with Crippen LogP contribution in [0.4, 0.5) is 15.1 Å². The van der Waals surface area contributed by atoms with E-state index in [9.17, 15) is 14.0 Å². The molecule has 180 valence electrons.